The van der Waals surface area contributed by atoms with Gasteiger partial charge in [-0.25, -0.2) is 0 Å². The van der Waals surface area contributed by atoms with E-state index in [0.29, 0.717) is 85.0 Å². The van der Waals surface area contributed by atoms with Gasteiger partial charge in [0.2, 0.25) is 0 Å². The molecule has 0 spiro atoms. The van der Waals surface area contributed by atoms with Crippen LogP contribution in [0.4, 0.5) is 0 Å². The van der Waals surface area contributed by atoms with E-state index in [1.54, 1.807) is 14.2 Å². The van der Waals surface area contributed by atoms with Crippen LogP contribution in [0.2, 0.25) is 0 Å². The second-order valence-electron chi connectivity index (χ2n) is 7.42. The van der Waals surface area contributed by atoms with Gasteiger partial charge in [0.1, 0.15) is 24.7 Å². The van der Waals surface area contributed by atoms with Gasteiger partial charge in [0.15, 0.2) is 0 Å². The van der Waals surface area contributed by atoms with Gasteiger partial charge >= 0.3 is 0 Å². The molecule has 2 rings (SSSR count). The average molecular weight is 636 g/mol. The molecule has 0 N–H and O–H groups in total. The lowest BCUT2D eigenvalue weighted by atomic mass is 10.0. The Balaban J connectivity index is 1.87. The van der Waals surface area contributed by atoms with Crippen molar-refractivity contribution < 1.29 is 37.9 Å². The van der Waals surface area contributed by atoms with Crippen LogP contribution >= 0.6 is 31.9 Å². The van der Waals surface area contributed by atoms with Crippen molar-refractivity contribution in [3.8, 4) is 22.6 Å². The maximum absolute atomic E-state index is 6.07. The highest BCUT2D eigenvalue weighted by atomic mass is 79.9. The van der Waals surface area contributed by atoms with E-state index in [0.717, 1.165) is 25.8 Å². The van der Waals surface area contributed by atoms with Crippen LogP contribution in [0.15, 0.2) is 45.3 Å². The standard InChI is InChI=1S/C26H36Br2O8/c1-29-7-9-31-11-13-33-15-17-35-25-20-24(28)26(19-23(25)21-3-5-22(27)6-4-21)36-18-16-34-14-12-32-10-8-30-2/h3-6,19-20H,7-18H2,1-2H3. The molecule has 0 unspecified atom stereocenters. The van der Waals surface area contributed by atoms with Crippen LogP contribution in [0.5, 0.6) is 11.5 Å². The maximum Gasteiger partial charge on any atom is 0.134 e. The lowest BCUT2D eigenvalue weighted by molar-refractivity contribution is 0.0177. The molecule has 0 atom stereocenters. The van der Waals surface area contributed by atoms with E-state index in [1.807, 2.05) is 36.4 Å². The fourth-order valence-corrected chi connectivity index (χ4v) is 3.67. The summed E-state index contributed by atoms with van der Waals surface area (Å²) in [6, 6.07) is 12.0. The molecular formula is C26H36Br2O8. The van der Waals surface area contributed by atoms with Gasteiger partial charge in [-0.3, -0.25) is 0 Å². The zero-order chi connectivity index (χ0) is 25.8. The number of hydrogen-bond donors (Lipinski definition) is 0. The summed E-state index contributed by atoms with van der Waals surface area (Å²) < 4.78 is 45.7. The summed E-state index contributed by atoms with van der Waals surface area (Å²) in [6.07, 6.45) is 0. The molecular weight excluding hydrogens is 600 g/mol. The normalized spacial score (nSPS) is 11.1. The molecule has 0 aliphatic rings. The van der Waals surface area contributed by atoms with Crippen molar-refractivity contribution in [1.82, 2.24) is 0 Å². The fraction of sp³-hybridized carbons (Fsp3) is 0.538. The third-order valence-corrected chi connectivity index (χ3v) is 5.92. The Morgan fingerprint density at radius 3 is 1.47 bits per heavy atom. The highest BCUT2D eigenvalue weighted by Gasteiger charge is 2.13. The Bertz CT molecular complexity index is 835. The summed E-state index contributed by atoms with van der Waals surface area (Å²) >= 11 is 7.10. The van der Waals surface area contributed by atoms with E-state index < -0.39 is 0 Å². The molecule has 0 aliphatic heterocycles. The first kappa shape index (κ1) is 31.0. The topological polar surface area (TPSA) is 73.8 Å². The van der Waals surface area contributed by atoms with E-state index in [2.05, 4.69) is 31.9 Å². The predicted molar refractivity (Wildman–Crippen MR) is 145 cm³/mol. The Hall–Kier alpha value is -1.24. The molecule has 2 aromatic carbocycles. The largest absolute Gasteiger partial charge is 0.490 e. The van der Waals surface area contributed by atoms with Gasteiger partial charge in [0.25, 0.3) is 0 Å². The van der Waals surface area contributed by atoms with Crippen LogP contribution in [0.25, 0.3) is 11.1 Å². The Morgan fingerprint density at radius 1 is 0.528 bits per heavy atom. The van der Waals surface area contributed by atoms with Crippen LogP contribution in [0, 0.1) is 0 Å². The van der Waals surface area contributed by atoms with Crippen LogP contribution in [-0.2, 0) is 28.4 Å². The third-order valence-electron chi connectivity index (χ3n) is 4.77. The van der Waals surface area contributed by atoms with Gasteiger partial charge in [0, 0.05) is 24.3 Å². The molecule has 0 saturated heterocycles. The zero-order valence-electron chi connectivity index (χ0n) is 21.0. The van der Waals surface area contributed by atoms with Crippen molar-refractivity contribution in [2.45, 2.75) is 0 Å². The van der Waals surface area contributed by atoms with Crippen molar-refractivity contribution in [1.29, 1.82) is 0 Å². The number of hydrogen-bond acceptors (Lipinski definition) is 8. The number of rotatable bonds is 21. The minimum Gasteiger partial charge on any atom is -0.490 e. The molecule has 0 aliphatic carbocycles. The van der Waals surface area contributed by atoms with Gasteiger partial charge in [0.05, 0.1) is 70.5 Å². The molecule has 2 aromatic rings. The molecule has 202 valence electrons. The second kappa shape index (κ2) is 19.8. The van der Waals surface area contributed by atoms with Crippen LogP contribution in [0.1, 0.15) is 0 Å². The van der Waals surface area contributed by atoms with Crippen molar-refractivity contribution in [2.75, 3.05) is 93.5 Å². The Morgan fingerprint density at radius 2 is 0.972 bits per heavy atom. The summed E-state index contributed by atoms with van der Waals surface area (Å²) in [5.41, 5.74) is 1.94. The first-order chi connectivity index (χ1) is 17.7. The van der Waals surface area contributed by atoms with Crippen molar-refractivity contribution >= 4 is 31.9 Å². The quantitative estimate of drug-likeness (QED) is 0.178. The molecule has 0 heterocycles. The summed E-state index contributed by atoms with van der Waals surface area (Å²) in [5.74, 6) is 1.45. The average Bonchev–Trinajstić information content (AvgIpc) is 2.88. The van der Waals surface area contributed by atoms with Gasteiger partial charge in [-0.05, 0) is 45.8 Å². The molecule has 0 amide bonds. The minimum atomic E-state index is 0.411. The summed E-state index contributed by atoms with van der Waals surface area (Å²) in [4.78, 5) is 0. The Kier molecular flexibility index (Phi) is 17.1. The van der Waals surface area contributed by atoms with Gasteiger partial charge in [-0.1, -0.05) is 28.1 Å². The van der Waals surface area contributed by atoms with Gasteiger partial charge in [-0.15, -0.1) is 0 Å². The lowest BCUT2D eigenvalue weighted by Crippen LogP contribution is -2.13. The first-order valence-electron chi connectivity index (χ1n) is 11.8. The molecule has 0 aromatic heterocycles. The third kappa shape index (κ3) is 12.8. The molecule has 0 saturated carbocycles. The highest BCUT2D eigenvalue weighted by molar-refractivity contribution is 9.10. The molecule has 0 radical (unpaired) electrons. The van der Waals surface area contributed by atoms with E-state index >= 15 is 0 Å². The van der Waals surface area contributed by atoms with Crippen LogP contribution < -0.4 is 9.47 Å². The van der Waals surface area contributed by atoms with E-state index in [1.165, 1.54) is 0 Å². The maximum atomic E-state index is 6.07. The molecule has 0 bridgehead atoms. The van der Waals surface area contributed by atoms with Crippen molar-refractivity contribution in [3.05, 3.63) is 45.3 Å². The molecule has 8 nitrogen and oxygen atoms in total. The predicted octanol–water partition coefficient (Wildman–Crippen LogP) is 5.00. The zero-order valence-corrected chi connectivity index (χ0v) is 24.1. The molecule has 0 fully saturated rings. The van der Waals surface area contributed by atoms with Crippen molar-refractivity contribution in [2.24, 2.45) is 0 Å². The number of methoxy groups -OCH3 is 2. The molecule has 36 heavy (non-hydrogen) atoms. The van der Waals surface area contributed by atoms with Gasteiger partial charge in [-0.2, -0.15) is 0 Å². The second-order valence-corrected chi connectivity index (χ2v) is 9.19. The number of benzene rings is 2. The van der Waals surface area contributed by atoms with E-state index in [9.17, 15) is 0 Å². The minimum absolute atomic E-state index is 0.411. The molecule has 10 heteroatoms. The van der Waals surface area contributed by atoms with E-state index in [4.69, 9.17) is 37.9 Å². The number of ether oxygens (including phenoxy) is 8. The summed E-state index contributed by atoms with van der Waals surface area (Å²) in [6.45, 7) is 6.07. The van der Waals surface area contributed by atoms with Crippen LogP contribution in [-0.4, -0.2) is 93.5 Å². The fourth-order valence-electron chi connectivity index (χ4n) is 2.97. The van der Waals surface area contributed by atoms with Crippen molar-refractivity contribution in [3.63, 3.8) is 0 Å². The lowest BCUT2D eigenvalue weighted by Gasteiger charge is -2.16. The number of halogens is 2. The van der Waals surface area contributed by atoms with E-state index in [-0.39, 0.29) is 0 Å². The van der Waals surface area contributed by atoms with Crippen LogP contribution in [0.3, 0.4) is 0 Å². The highest BCUT2D eigenvalue weighted by Crippen LogP contribution is 2.39. The van der Waals surface area contributed by atoms with Gasteiger partial charge < -0.3 is 37.9 Å². The summed E-state index contributed by atoms with van der Waals surface area (Å²) in [5, 5.41) is 0. The first-order valence-corrected chi connectivity index (χ1v) is 13.4. The monoisotopic (exact) mass is 634 g/mol. The Labute approximate surface area is 230 Å². The summed E-state index contributed by atoms with van der Waals surface area (Å²) in [7, 11) is 3.30. The smallest absolute Gasteiger partial charge is 0.134 e. The SMILES string of the molecule is COCCOCCOCCOc1cc(-c2ccc(Br)cc2)c(OCCOCCOCCOC)cc1Br.